The SMILES string of the molecule is COc1ccc(OCCCC(=O)Nc2ncccc2O)cc1. The molecule has 2 N–H and O–H groups in total. The van der Waals surface area contributed by atoms with E-state index in [9.17, 15) is 9.90 Å². The third-order valence-corrected chi connectivity index (χ3v) is 2.92. The van der Waals surface area contributed by atoms with Gasteiger partial charge in [0.15, 0.2) is 11.6 Å². The number of amides is 1. The fourth-order valence-corrected chi connectivity index (χ4v) is 1.78. The van der Waals surface area contributed by atoms with Crippen molar-refractivity contribution in [3.63, 3.8) is 0 Å². The summed E-state index contributed by atoms with van der Waals surface area (Å²) >= 11 is 0. The van der Waals surface area contributed by atoms with Crippen LogP contribution in [0, 0.1) is 0 Å². The van der Waals surface area contributed by atoms with E-state index >= 15 is 0 Å². The fraction of sp³-hybridized carbons (Fsp3) is 0.250. The van der Waals surface area contributed by atoms with Gasteiger partial charge in [0.2, 0.25) is 5.91 Å². The van der Waals surface area contributed by atoms with E-state index in [1.54, 1.807) is 13.2 Å². The average molecular weight is 302 g/mol. The minimum atomic E-state index is -0.215. The van der Waals surface area contributed by atoms with Gasteiger partial charge >= 0.3 is 0 Å². The van der Waals surface area contributed by atoms with Crippen LogP contribution in [0.5, 0.6) is 17.2 Å². The summed E-state index contributed by atoms with van der Waals surface area (Å²) in [4.78, 5) is 15.6. The molecule has 0 aliphatic rings. The van der Waals surface area contributed by atoms with Crippen LogP contribution in [-0.2, 0) is 4.79 Å². The van der Waals surface area contributed by atoms with Gasteiger partial charge in [-0.3, -0.25) is 4.79 Å². The quantitative estimate of drug-likeness (QED) is 0.768. The van der Waals surface area contributed by atoms with Gasteiger partial charge in [-0.15, -0.1) is 0 Å². The second kappa shape index (κ2) is 7.87. The van der Waals surface area contributed by atoms with Gasteiger partial charge in [0.25, 0.3) is 0 Å². The summed E-state index contributed by atoms with van der Waals surface area (Å²) in [5, 5.41) is 12.1. The van der Waals surface area contributed by atoms with Crippen LogP contribution in [-0.4, -0.2) is 29.7 Å². The first-order valence-corrected chi connectivity index (χ1v) is 6.89. The van der Waals surface area contributed by atoms with E-state index in [2.05, 4.69) is 10.3 Å². The predicted molar refractivity (Wildman–Crippen MR) is 82.3 cm³/mol. The normalized spacial score (nSPS) is 10.0. The molecule has 6 nitrogen and oxygen atoms in total. The second-order valence-corrected chi connectivity index (χ2v) is 4.55. The molecule has 22 heavy (non-hydrogen) atoms. The Balaban J connectivity index is 1.69. The minimum Gasteiger partial charge on any atom is -0.504 e. The van der Waals surface area contributed by atoms with Crippen LogP contribution in [0.1, 0.15) is 12.8 Å². The van der Waals surface area contributed by atoms with Gasteiger partial charge in [-0.05, 0) is 42.8 Å². The van der Waals surface area contributed by atoms with Crippen molar-refractivity contribution in [1.82, 2.24) is 4.98 Å². The Bertz CT molecular complexity index is 614. The summed E-state index contributed by atoms with van der Waals surface area (Å²) in [6.45, 7) is 0.425. The molecular weight excluding hydrogens is 284 g/mol. The second-order valence-electron chi connectivity index (χ2n) is 4.55. The molecule has 0 spiro atoms. The molecule has 0 aliphatic heterocycles. The molecule has 6 heteroatoms. The summed E-state index contributed by atoms with van der Waals surface area (Å²) in [6.07, 6.45) is 2.35. The summed E-state index contributed by atoms with van der Waals surface area (Å²) < 4.78 is 10.6. The highest BCUT2D eigenvalue weighted by Gasteiger charge is 2.06. The van der Waals surface area contributed by atoms with Crippen molar-refractivity contribution < 1.29 is 19.4 Å². The Morgan fingerprint density at radius 3 is 2.64 bits per heavy atom. The number of nitrogens with zero attached hydrogens (tertiary/aromatic N) is 1. The van der Waals surface area contributed by atoms with Crippen molar-refractivity contribution in [2.45, 2.75) is 12.8 Å². The fourth-order valence-electron chi connectivity index (χ4n) is 1.78. The Labute approximate surface area is 128 Å². The van der Waals surface area contributed by atoms with Crippen LogP contribution in [0.15, 0.2) is 42.6 Å². The molecule has 0 fully saturated rings. The van der Waals surface area contributed by atoms with Crippen LogP contribution in [0.2, 0.25) is 0 Å². The van der Waals surface area contributed by atoms with Crippen LogP contribution < -0.4 is 14.8 Å². The molecule has 0 saturated carbocycles. The topological polar surface area (TPSA) is 80.7 Å². The zero-order valence-corrected chi connectivity index (χ0v) is 12.3. The highest BCUT2D eigenvalue weighted by molar-refractivity contribution is 5.90. The summed E-state index contributed by atoms with van der Waals surface area (Å²) in [7, 11) is 1.61. The molecule has 1 aromatic carbocycles. The molecular formula is C16H18N2O4. The van der Waals surface area contributed by atoms with Crippen LogP contribution in [0.3, 0.4) is 0 Å². The molecule has 116 valence electrons. The monoisotopic (exact) mass is 302 g/mol. The summed E-state index contributed by atoms with van der Waals surface area (Å²) in [6, 6.07) is 10.3. The number of benzene rings is 1. The van der Waals surface area contributed by atoms with Crippen molar-refractivity contribution in [2.75, 3.05) is 19.0 Å². The molecule has 0 saturated heterocycles. The predicted octanol–water partition coefficient (Wildman–Crippen LogP) is 2.59. The highest BCUT2D eigenvalue weighted by atomic mass is 16.5. The molecule has 0 bridgehead atoms. The minimum absolute atomic E-state index is 0.0506. The van der Waals surface area contributed by atoms with E-state index in [1.807, 2.05) is 24.3 Å². The number of carbonyl (C=O) groups excluding carboxylic acids is 1. The van der Waals surface area contributed by atoms with E-state index in [1.165, 1.54) is 12.3 Å². The largest absolute Gasteiger partial charge is 0.504 e. The Hall–Kier alpha value is -2.76. The van der Waals surface area contributed by atoms with E-state index in [0.29, 0.717) is 13.0 Å². The number of methoxy groups -OCH3 is 1. The lowest BCUT2D eigenvalue weighted by atomic mass is 10.3. The molecule has 0 radical (unpaired) electrons. The van der Waals surface area contributed by atoms with Gasteiger partial charge < -0.3 is 19.9 Å². The third-order valence-electron chi connectivity index (χ3n) is 2.92. The number of ether oxygens (including phenoxy) is 2. The van der Waals surface area contributed by atoms with Gasteiger partial charge in [-0.25, -0.2) is 4.98 Å². The van der Waals surface area contributed by atoms with Gasteiger partial charge in [-0.1, -0.05) is 0 Å². The first kappa shape index (κ1) is 15.6. The van der Waals surface area contributed by atoms with Gasteiger partial charge in [0.1, 0.15) is 11.5 Å². The first-order chi connectivity index (χ1) is 10.7. The summed E-state index contributed by atoms with van der Waals surface area (Å²) in [5.74, 6) is 1.40. The zero-order valence-electron chi connectivity index (χ0n) is 12.3. The van der Waals surface area contributed by atoms with Gasteiger partial charge in [0, 0.05) is 12.6 Å². The van der Waals surface area contributed by atoms with E-state index in [-0.39, 0.29) is 23.9 Å². The van der Waals surface area contributed by atoms with E-state index in [0.717, 1.165) is 11.5 Å². The Morgan fingerprint density at radius 2 is 1.95 bits per heavy atom. The number of hydrogen-bond acceptors (Lipinski definition) is 5. The number of pyridine rings is 1. The number of rotatable bonds is 7. The first-order valence-electron chi connectivity index (χ1n) is 6.89. The zero-order chi connectivity index (χ0) is 15.8. The maximum absolute atomic E-state index is 11.7. The molecule has 0 aliphatic carbocycles. The number of hydrogen-bond donors (Lipinski definition) is 2. The maximum atomic E-state index is 11.7. The molecule has 0 atom stereocenters. The van der Waals surface area contributed by atoms with Crippen molar-refractivity contribution in [3.05, 3.63) is 42.6 Å². The molecule has 0 unspecified atom stereocenters. The van der Waals surface area contributed by atoms with Gasteiger partial charge in [0.05, 0.1) is 13.7 Å². The lowest BCUT2D eigenvalue weighted by Crippen LogP contribution is -2.13. The standard InChI is InChI=1S/C16H18N2O4/c1-21-12-6-8-13(9-7-12)22-11-3-5-15(20)18-16-14(19)4-2-10-17-16/h2,4,6-10,19H,3,5,11H2,1H3,(H,17,18,20). The Kier molecular flexibility index (Phi) is 5.59. The van der Waals surface area contributed by atoms with Crippen molar-refractivity contribution in [2.24, 2.45) is 0 Å². The average Bonchev–Trinajstić information content (AvgIpc) is 2.54. The molecule has 1 aromatic heterocycles. The van der Waals surface area contributed by atoms with Crippen LogP contribution in [0.25, 0.3) is 0 Å². The number of aromatic hydroxyl groups is 1. The summed E-state index contributed by atoms with van der Waals surface area (Å²) in [5.41, 5.74) is 0. The van der Waals surface area contributed by atoms with Crippen molar-refractivity contribution >= 4 is 11.7 Å². The van der Waals surface area contributed by atoms with Gasteiger partial charge in [-0.2, -0.15) is 0 Å². The van der Waals surface area contributed by atoms with E-state index < -0.39 is 0 Å². The number of aromatic nitrogens is 1. The lowest BCUT2D eigenvalue weighted by molar-refractivity contribution is -0.116. The molecule has 1 heterocycles. The Morgan fingerprint density at radius 1 is 1.23 bits per heavy atom. The smallest absolute Gasteiger partial charge is 0.225 e. The molecule has 2 rings (SSSR count). The molecule has 1 amide bonds. The maximum Gasteiger partial charge on any atom is 0.225 e. The van der Waals surface area contributed by atoms with Crippen molar-refractivity contribution in [1.29, 1.82) is 0 Å². The van der Waals surface area contributed by atoms with E-state index in [4.69, 9.17) is 9.47 Å². The highest BCUT2D eigenvalue weighted by Crippen LogP contribution is 2.19. The molecule has 2 aromatic rings. The lowest BCUT2D eigenvalue weighted by Gasteiger charge is -2.08. The number of nitrogens with one attached hydrogen (secondary N) is 1. The third kappa shape index (κ3) is 4.66. The van der Waals surface area contributed by atoms with Crippen LogP contribution >= 0.6 is 0 Å². The van der Waals surface area contributed by atoms with Crippen LogP contribution in [0.4, 0.5) is 5.82 Å². The number of anilines is 1. The number of carbonyl (C=O) groups is 1. The van der Waals surface area contributed by atoms with Crippen molar-refractivity contribution in [3.8, 4) is 17.2 Å².